The molecule has 0 saturated heterocycles. The number of hydrazone groups is 1. The summed E-state index contributed by atoms with van der Waals surface area (Å²) in [7, 11) is 3.28. The second-order valence-electron chi connectivity index (χ2n) is 4.85. The highest BCUT2D eigenvalue weighted by Gasteiger charge is 2.09. The average molecular weight is 398 g/mol. The van der Waals surface area contributed by atoms with E-state index in [2.05, 4.69) is 15.8 Å². The number of benzene rings is 2. The molecule has 0 heterocycles. The molecule has 8 heteroatoms. The quantitative estimate of drug-likeness (QED) is 0.438. The Hall–Kier alpha value is -2.02. The van der Waals surface area contributed by atoms with Crippen molar-refractivity contribution in [1.82, 2.24) is 10.7 Å². The predicted octanol–water partition coefficient (Wildman–Crippen LogP) is 4.01. The van der Waals surface area contributed by atoms with Crippen LogP contribution in [0.4, 0.5) is 0 Å². The molecular formula is C17H17Cl2N3O2S. The van der Waals surface area contributed by atoms with Crippen LogP contribution in [0.3, 0.4) is 0 Å². The van der Waals surface area contributed by atoms with Crippen LogP contribution in [0.5, 0.6) is 11.5 Å². The third kappa shape index (κ3) is 5.49. The van der Waals surface area contributed by atoms with E-state index in [4.69, 9.17) is 44.9 Å². The number of ether oxygens (including phenoxy) is 2. The Morgan fingerprint density at radius 3 is 2.56 bits per heavy atom. The van der Waals surface area contributed by atoms with Gasteiger partial charge >= 0.3 is 0 Å². The van der Waals surface area contributed by atoms with E-state index in [1.54, 1.807) is 50.7 Å². The molecule has 0 aliphatic heterocycles. The number of halogens is 2. The van der Waals surface area contributed by atoms with Gasteiger partial charge in [0.05, 0.1) is 13.3 Å². The van der Waals surface area contributed by atoms with Crippen molar-refractivity contribution < 1.29 is 9.47 Å². The minimum atomic E-state index is 0.236. The summed E-state index contributed by atoms with van der Waals surface area (Å²) in [6.07, 6.45) is 1.63. The fourth-order valence-corrected chi connectivity index (χ4v) is 2.48. The molecule has 0 aromatic heterocycles. The smallest absolute Gasteiger partial charge is 0.186 e. The number of hydrogen-bond donors (Lipinski definition) is 2. The fourth-order valence-electron chi connectivity index (χ4n) is 1.93. The van der Waals surface area contributed by atoms with Gasteiger partial charge in [-0.1, -0.05) is 29.3 Å². The molecular weight excluding hydrogens is 381 g/mol. The topological polar surface area (TPSA) is 54.9 Å². The van der Waals surface area contributed by atoms with Crippen LogP contribution >= 0.6 is 35.4 Å². The van der Waals surface area contributed by atoms with Crippen LogP contribution in [-0.2, 0) is 6.61 Å². The van der Waals surface area contributed by atoms with E-state index >= 15 is 0 Å². The van der Waals surface area contributed by atoms with Gasteiger partial charge in [0.25, 0.3) is 0 Å². The molecule has 0 fully saturated rings. The monoisotopic (exact) mass is 397 g/mol. The van der Waals surface area contributed by atoms with Crippen molar-refractivity contribution in [3.63, 3.8) is 0 Å². The lowest BCUT2D eigenvalue weighted by Gasteiger charge is -2.13. The maximum Gasteiger partial charge on any atom is 0.186 e. The van der Waals surface area contributed by atoms with E-state index in [0.717, 1.165) is 11.1 Å². The first-order chi connectivity index (χ1) is 12.0. The lowest BCUT2D eigenvalue weighted by molar-refractivity contribution is 0.284. The van der Waals surface area contributed by atoms with Gasteiger partial charge in [-0.05, 0) is 48.1 Å². The summed E-state index contributed by atoms with van der Waals surface area (Å²) >= 11 is 17.2. The Kier molecular flexibility index (Phi) is 7.31. The summed E-state index contributed by atoms with van der Waals surface area (Å²) in [4.78, 5) is 0. The highest BCUT2D eigenvalue weighted by Crippen LogP contribution is 2.31. The first-order valence-corrected chi connectivity index (χ1v) is 8.46. The van der Waals surface area contributed by atoms with Crippen molar-refractivity contribution in [2.45, 2.75) is 6.61 Å². The van der Waals surface area contributed by atoms with E-state index < -0.39 is 0 Å². The zero-order valence-electron chi connectivity index (χ0n) is 13.7. The number of methoxy groups -OCH3 is 1. The number of nitrogens with one attached hydrogen (secondary N) is 2. The number of nitrogens with zero attached hydrogens (tertiary/aromatic N) is 1. The minimum absolute atomic E-state index is 0.236. The molecule has 0 saturated carbocycles. The van der Waals surface area contributed by atoms with Crippen molar-refractivity contribution >= 4 is 46.7 Å². The Bertz CT molecular complexity index is 764. The minimum Gasteiger partial charge on any atom is -0.493 e. The third-order valence-corrected chi connectivity index (χ3v) is 4.23. The van der Waals surface area contributed by atoms with E-state index in [1.807, 2.05) is 6.07 Å². The zero-order chi connectivity index (χ0) is 18.2. The maximum absolute atomic E-state index is 6.15. The molecule has 2 N–H and O–H groups in total. The van der Waals surface area contributed by atoms with Gasteiger partial charge in [0.1, 0.15) is 6.61 Å². The highest BCUT2D eigenvalue weighted by molar-refractivity contribution is 7.80. The van der Waals surface area contributed by atoms with E-state index in [1.165, 1.54) is 0 Å². The molecule has 132 valence electrons. The third-order valence-electron chi connectivity index (χ3n) is 3.23. The molecule has 0 bridgehead atoms. The highest BCUT2D eigenvalue weighted by atomic mass is 35.5. The van der Waals surface area contributed by atoms with Gasteiger partial charge < -0.3 is 14.8 Å². The molecule has 0 aliphatic rings. The lowest BCUT2D eigenvalue weighted by atomic mass is 10.2. The van der Waals surface area contributed by atoms with Crippen LogP contribution in [0.25, 0.3) is 0 Å². The van der Waals surface area contributed by atoms with Crippen LogP contribution < -0.4 is 20.2 Å². The van der Waals surface area contributed by atoms with Crippen molar-refractivity contribution in [3.05, 3.63) is 57.6 Å². The van der Waals surface area contributed by atoms with Gasteiger partial charge in [0.2, 0.25) is 0 Å². The largest absolute Gasteiger partial charge is 0.493 e. The molecule has 5 nitrogen and oxygen atoms in total. The number of rotatable bonds is 6. The van der Waals surface area contributed by atoms with Crippen LogP contribution in [0.1, 0.15) is 11.1 Å². The standard InChI is InChI=1S/C17H17Cl2N3O2S/c1-20-17(25)22-21-9-11-6-7-15(16(8-11)23-2)24-10-12-13(18)4-3-5-14(12)19/h3-9H,10H2,1-2H3,(H2,20,22,25). The van der Waals surface area contributed by atoms with Crippen molar-refractivity contribution in [3.8, 4) is 11.5 Å². The first kappa shape index (κ1) is 19.3. The summed E-state index contributed by atoms with van der Waals surface area (Å²) in [6, 6.07) is 10.8. The second kappa shape index (κ2) is 9.46. The molecule has 0 radical (unpaired) electrons. The Balaban J connectivity index is 2.10. The van der Waals surface area contributed by atoms with Crippen LogP contribution in [0.2, 0.25) is 10.0 Å². The lowest BCUT2D eigenvalue weighted by Crippen LogP contribution is -2.28. The van der Waals surface area contributed by atoms with Gasteiger partial charge in [-0.3, -0.25) is 5.43 Å². The van der Waals surface area contributed by atoms with Crippen LogP contribution in [0.15, 0.2) is 41.5 Å². The van der Waals surface area contributed by atoms with Gasteiger partial charge in [-0.15, -0.1) is 0 Å². The molecule has 0 atom stereocenters. The fraction of sp³-hybridized carbons (Fsp3) is 0.176. The summed E-state index contributed by atoms with van der Waals surface area (Å²) < 4.78 is 11.2. The maximum atomic E-state index is 6.15. The van der Waals surface area contributed by atoms with Gasteiger partial charge in [-0.2, -0.15) is 5.10 Å². The summed E-state index contributed by atoms with van der Waals surface area (Å²) in [6.45, 7) is 0.236. The molecule has 0 amide bonds. The van der Waals surface area contributed by atoms with Gasteiger partial charge in [0, 0.05) is 22.7 Å². The van der Waals surface area contributed by atoms with E-state index in [9.17, 15) is 0 Å². The number of hydrogen-bond acceptors (Lipinski definition) is 4. The first-order valence-electron chi connectivity index (χ1n) is 7.29. The Labute approximate surface area is 161 Å². The molecule has 0 aliphatic carbocycles. The Morgan fingerprint density at radius 2 is 1.92 bits per heavy atom. The van der Waals surface area contributed by atoms with E-state index in [-0.39, 0.29) is 6.61 Å². The average Bonchev–Trinajstić information content (AvgIpc) is 2.61. The Morgan fingerprint density at radius 1 is 1.20 bits per heavy atom. The molecule has 0 unspecified atom stereocenters. The van der Waals surface area contributed by atoms with E-state index in [0.29, 0.717) is 26.7 Å². The number of thiocarbonyl (C=S) groups is 1. The molecule has 0 spiro atoms. The van der Waals surface area contributed by atoms with Crippen molar-refractivity contribution in [1.29, 1.82) is 0 Å². The second-order valence-corrected chi connectivity index (χ2v) is 6.07. The summed E-state index contributed by atoms with van der Waals surface area (Å²) in [5.74, 6) is 1.15. The van der Waals surface area contributed by atoms with Gasteiger partial charge in [-0.25, -0.2) is 0 Å². The van der Waals surface area contributed by atoms with Gasteiger partial charge in [0.15, 0.2) is 16.6 Å². The van der Waals surface area contributed by atoms with Crippen LogP contribution in [0, 0.1) is 0 Å². The normalized spacial score (nSPS) is 10.6. The SMILES string of the molecule is CNC(=S)NN=Cc1ccc(OCc2c(Cl)cccc2Cl)c(OC)c1. The van der Waals surface area contributed by atoms with Crippen LogP contribution in [-0.4, -0.2) is 25.5 Å². The molecule has 2 rings (SSSR count). The van der Waals surface area contributed by atoms with Crippen molar-refractivity contribution in [2.24, 2.45) is 5.10 Å². The van der Waals surface area contributed by atoms with Crippen molar-refractivity contribution in [2.75, 3.05) is 14.2 Å². The molecule has 2 aromatic carbocycles. The summed E-state index contributed by atoms with van der Waals surface area (Å²) in [5, 5.41) is 8.33. The molecule has 25 heavy (non-hydrogen) atoms. The predicted molar refractivity (Wildman–Crippen MR) is 106 cm³/mol. The zero-order valence-corrected chi connectivity index (χ0v) is 16.0. The molecule has 2 aromatic rings. The summed E-state index contributed by atoms with van der Waals surface area (Å²) in [5.41, 5.74) is 4.23.